The van der Waals surface area contributed by atoms with Crippen molar-refractivity contribution in [3.05, 3.63) is 71.1 Å². The topological polar surface area (TPSA) is 46.9 Å². The van der Waals surface area contributed by atoms with Gasteiger partial charge in [-0.1, -0.05) is 49.1 Å². The third-order valence-electron chi connectivity index (χ3n) is 5.10. The van der Waals surface area contributed by atoms with Crippen LogP contribution in [0.4, 0.5) is 4.39 Å². The van der Waals surface area contributed by atoms with Gasteiger partial charge in [-0.15, -0.1) is 0 Å². The van der Waals surface area contributed by atoms with Gasteiger partial charge in [-0.25, -0.2) is 9.07 Å². The van der Waals surface area contributed by atoms with E-state index in [4.69, 9.17) is 11.6 Å². The van der Waals surface area contributed by atoms with Crippen molar-refractivity contribution in [2.75, 3.05) is 0 Å². The van der Waals surface area contributed by atoms with E-state index in [9.17, 15) is 9.18 Å². The van der Waals surface area contributed by atoms with Crippen LogP contribution in [-0.4, -0.2) is 21.7 Å². The molecular formula is C22H21ClFN3O. The minimum atomic E-state index is -0.338. The molecule has 0 atom stereocenters. The Balaban J connectivity index is 1.73. The Morgan fingerprint density at radius 2 is 1.79 bits per heavy atom. The first-order valence-corrected chi connectivity index (χ1v) is 9.91. The van der Waals surface area contributed by atoms with Crippen LogP contribution >= 0.6 is 11.6 Å². The predicted molar refractivity (Wildman–Crippen MR) is 108 cm³/mol. The van der Waals surface area contributed by atoms with Crippen LogP contribution in [0.3, 0.4) is 0 Å². The first kappa shape index (κ1) is 18.7. The highest BCUT2D eigenvalue weighted by Gasteiger charge is 2.22. The predicted octanol–water partition coefficient (Wildman–Crippen LogP) is 5.39. The van der Waals surface area contributed by atoms with Crippen molar-refractivity contribution in [3.63, 3.8) is 0 Å². The van der Waals surface area contributed by atoms with Gasteiger partial charge in [-0.2, -0.15) is 5.10 Å². The van der Waals surface area contributed by atoms with Crippen LogP contribution in [-0.2, 0) is 0 Å². The summed E-state index contributed by atoms with van der Waals surface area (Å²) in [6.45, 7) is 0. The second kappa shape index (κ2) is 8.15. The van der Waals surface area contributed by atoms with E-state index in [-0.39, 0.29) is 17.8 Å². The van der Waals surface area contributed by atoms with Gasteiger partial charge in [-0.05, 0) is 49.2 Å². The third kappa shape index (κ3) is 3.94. The summed E-state index contributed by atoms with van der Waals surface area (Å²) in [4.78, 5) is 13.0. The van der Waals surface area contributed by atoms with Crippen LogP contribution in [0.25, 0.3) is 16.9 Å². The second-order valence-electron chi connectivity index (χ2n) is 7.09. The summed E-state index contributed by atoms with van der Waals surface area (Å²) in [5.41, 5.74) is 2.38. The largest absolute Gasteiger partial charge is 0.348 e. The van der Waals surface area contributed by atoms with Crippen molar-refractivity contribution in [1.82, 2.24) is 15.1 Å². The number of carbonyl (C=O) groups is 1. The fourth-order valence-corrected chi connectivity index (χ4v) is 3.86. The SMILES string of the molecule is O=C(NC1CCCCC1)c1cc(-c2ccccc2Cl)nn1-c1ccc(F)cc1. The van der Waals surface area contributed by atoms with Gasteiger partial charge in [0.05, 0.1) is 16.4 Å². The number of benzene rings is 2. The zero-order valence-corrected chi connectivity index (χ0v) is 16.1. The molecule has 1 aliphatic carbocycles. The van der Waals surface area contributed by atoms with Gasteiger partial charge >= 0.3 is 0 Å². The molecule has 3 aromatic rings. The molecule has 1 fully saturated rings. The van der Waals surface area contributed by atoms with Crippen LogP contribution in [0.5, 0.6) is 0 Å². The first-order valence-electron chi connectivity index (χ1n) is 9.53. The van der Waals surface area contributed by atoms with E-state index in [1.165, 1.54) is 18.6 Å². The molecule has 1 aliphatic rings. The third-order valence-corrected chi connectivity index (χ3v) is 5.43. The lowest BCUT2D eigenvalue weighted by Crippen LogP contribution is -2.37. The minimum Gasteiger partial charge on any atom is -0.348 e. The molecule has 28 heavy (non-hydrogen) atoms. The number of halogens is 2. The quantitative estimate of drug-likeness (QED) is 0.641. The molecule has 1 saturated carbocycles. The Morgan fingerprint density at radius 1 is 1.07 bits per heavy atom. The summed E-state index contributed by atoms with van der Waals surface area (Å²) >= 11 is 6.32. The highest BCUT2D eigenvalue weighted by molar-refractivity contribution is 6.33. The van der Waals surface area contributed by atoms with Crippen LogP contribution < -0.4 is 5.32 Å². The molecule has 6 heteroatoms. The minimum absolute atomic E-state index is 0.179. The molecule has 0 bridgehead atoms. The summed E-state index contributed by atoms with van der Waals surface area (Å²) in [5, 5.41) is 8.29. The molecule has 1 amide bonds. The maximum absolute atomic E-state index is 13.4. The molecule has 1 aromatic heterocycles. The van der Waals surface area contributed by atoms with E-state index in [1.54, 1.807) is 28.9 Å². The number of carbonyl (C=O) groups excluding carboxylic acids is 1. The average Bonchev–Trinajstić information content (AvgIpc) is 3.15. The summed E-state index contributed by atoms with van der Waals surface area (Å²) in [6, 6.07) is 15.2. The van der Waals surface area contributed by atoms with Gasteiger partial charge < -0.3 is 5.32 Å². The van der Waals surface area contributed by atoms with Crippen LogP contribution in [0.2, 0.25) is 5.02 Å². The Kier molecular flexibility index (Phi) is 5.44. The highest BCUT2D eigenvalue weighted by Crippen LogP contribution is 2.28. The van der Waals surface area contributed by atoms with Crippen molar-refractivity contribution in [3.8, 4) is 16.9 Å². The van der Waals surface area contributed by atoms with E-state index in [1.807, 2.05) is 18.2 Å². The molecule has 1 heterocycles. The van der Waals surface area contributed by atoms with Gasteiger partial charge in [-0.3, -0.25) is 4.79 Å². The van der Waals surface area contributed by atoms with E-state index < -0.39 is 0 Å². The Hall–Kier alpha value is -2.66. The Morgan fingerprint density at radius 3 is 2.50 bits per heavy atom. The van der Waals surface area contributed by atoms with Gasteiger partial charge in [0, 0.05) is 11.6 Å². The molecule has 0 spiro atoms. The van der Waals surface area contributed by atoms with Crippen molar-refractivity contribution in [2.45, 2.75) is 38.1 Å². The van der Waals surface area contributed by atoms with Crippen LogP contribution in [0.1, 0.15) is 42.6 Å². The molecule has 1 N–H and O–H groups in total. The van der Waals surface area contributed by atoms with Gasteiger partial charge in [0.25, 0.3) is 5.91 Å². The lowest BCUT2D eigenvalue weighted by molar-refractivity contribution is 0.0920. The zero-order chi connectivity index (χ0) is 19.5. The normalized spacial score (nSPS) is 14.8. The summed E-state index contributed by atoms with van der Waals surface area (Å²) in [5.74, 6) is -0.516. The summed E-state index contributed by atoms with van der Waals surface area (Å²) in [7, 11) is 0. The van der Waals surface area contributed by atoms with Gasteiger partial charge in [0.1, 0.15) is 11.5 Å². The van der Waals surface area contributed by atoms with Crippen molar-refractivity contribution in [2.24, 2.45) is 0 Å². The number of nitrogens with zero attached hydrogens (tertiary/aromatic N) is 2. The van der Waals surface area contributed by atoms with Gasteiger partial charge in [0.2, 0.25) is 0 Å². The average molecular weight is 398 g/mol. The smallest absolute Gasteiger partial charge is 0.270 e. The van der Waals surface area contributed by atoms with Crippen LogP contribution in [0, 0.1) is 5.82 Å². The maximum atomic E-state index is 13.4. The highest BCUT2D eigenvalue weighted by atomic mass is 35.5. The number of amides is 1. The van der Waals surface area contributed by atoms with Crippen molar-refractivity contribution < 1.29 is 9.18 Å². The van der Waals surface area contributed by atoms with E-state index in [0.29, 0.717) is 22.1 Å². The molecule has 4 nitrogen and oxygen atoms in total. The number of hydrogen-bond donors (Lipinski definition) is 1. The molecule has 0 aliphatic heterocycles. The monoisotopic (exact) mass is 397 g/mol. The molecular weight excluding hydrogens is 377 g/mol. The van der Waals surface area contributed by atoms with Crippen molar-refractivity contribution >= 4 is 17.5 Å². The number of aromatic nitrogens is 2. The summed E-state index contributed by atoms with van der Waals surface area (Å²) in [6.07, 6.45) is 5.47. The number of nitrogens with one attached hydrogen (secondary N) is 1. The number of rotatable bonds is 4. The Labute approximate surface area is 168 Å². The fraction of sp³-hybridized carbons (Fsp3) is 0.273. The lowest BCUT2D eigenvalue weighted by atomic mass is 9.95. The zero-order valence-electron chi connectivity index (χ0n) is 15.4. The molecule has 2 aromatic carbocycles. The standard InChI is InChI=1S/C22H21ClFN3O/c23-19-9-5-4-8-18(19)20-14-21(22(28)25-16-6-2-1-3-7-16)27(26-20)17-12-10-15(24)11-13-17/h4-5,8-14,16H,1-3,6-7H2,(H,25,28). The van der Waals surface area contributed by atoms with E-state index >= 15 is 0 Å². The number of hydrogen-bond acceptors (Lipinski definition) is 2. The molecule has 4 rings (SSSR count). The molecule has 0 radical (unpaired) electrons. The molecule has 0 saturated heterocycles. The molecule has 0 unspecified atom stereocenters. The van der Waals surface area contributed by atoms with Gasteiger partial charge in [0.15, 0.2) is 0 Å². The van der Waals surface area contributed by atoms with E-state index in [2.05, 4.69) is 10.4 Å². The van der Waals surface area contributed by atoms with Crippen molar-refractivity contribution in [1.29, 1.82) is 0 Å². The fourth-order valence-electron chi connectivity index (χ4n) is 3.63. The molecule has 144 valence electrons. The summed E-state index contributed by atoms with van der Waals surface area (Å²) < 4.78 is 14.9. The second-order valence-corrected chi connectivity index (χ2v) is 7.50. The lowest BCUT2D eigenvalue weighted by Gasteiger charge is -2.22. The Bertz CT molecular complexity index is 978. The van der Waals surface area contributed by atoms with Crippen LogP contribution in [0.15, 0.2) is 54.6 Å². The van der Waals surface area contributed by atoms with E-state index in [0.717, 1.165) is 31.2 Å². The first-order chi connectivity index (χ1) is 13.6. The maximum Gasteiger partial charge on any atom is 0.270 e.